The first-order valence-electron chi connectivity index (χ1n) is 6.52. The van der Waals surface area contributed by atoms with Crippen LogP contribution in [-0.4, -0.2) is 23.1 Å². The molecule has 0 radical (unpaired) electrons. The summed E-state index contributed by atoms with van der Waals surface area (Å²) in [5.74, 6) is -1.23. The maximum Gasteiger partial charge on any atom is 0.340 e. The summed E-state index contributed by atoms with van der Waals surface area (Å²) < 4.78 is 18.4. The van der Waals surface area contributed by atoms with Gasteiger partial charge in [0.15, 0.2) is 5.11 Å². The number of nitrogens with one attached hydrogen (secondary N) is 2. The van der Waals surface area contributed by atoms with Crippen LogP contribution in [0.1, 0.15) is 15.2 Å². The van der Waals surface area contributed by atoms with Crippen molar-refractivity contribution in [2.24, 2.45) is 0 Å². The Balaban J connectivity index is 2.19. The molecule has 126 valence electrons. The van der Waals surface area contributed by atoms with E-state index in [1.165, 1.54) is 18.4 Å². The number of nitro groups is 1. The minimum atomic E-state index is -0.694. The van der Waals surface area contributed by atoms with E-state index in [0.717, 1.165) is 23.1 Å². The SMILES string of the molecule is COC(=O)c1cc(C)sc1NC(=S)Nc1cc([N+](=O)[O-])ccc1F. The van der Waals surface area contributed by atoms with Gasteiger partial charge in [-0.25, -0.2) is 9.18 Å². The van der Waals surface area contributed by atoms with Crippen molar-refractivity contribution in [1.29, 1.82) is 0 Å². The molecule has 0 saturated carbocycles. The summed E-state index contributed by atoms with van der Waals surface area (Å²) in [6.45, 7) is 1.80. The smallest absolute Gasteiger partial charge is 0.340 e. The van der Waals surface area contributed by atoms with E-state index in [9.17, 15) is 19.3 Å². The summed E-state index contributed by atoms with van der Waals surface area (Å²) in [6.07, 6.45) is 0. The lowest BCUT2D eigenvalue weighted by Gasteiger charge is -2.11. The largest absolute Gasteiger partial charge is 0.465 e. The number of benzene rings is 1. The van der Waals surface area contributed by atoms with E-state index in [4.69, 9.17) is 12.2 Å². The zero-order valence-electron chi connectivity index (χ0n) is 12.6. The van der Waals surface area contributed by atoms with E-state index in [1.807, 2.05) is 0 Å². The van der Waals surface area contributed by atoms with Crippen molar-refractivity contribution in [3.8, 4) is 0 Å². The number of methoxy groups -OCH3 is 1. The maximum absolute atomic E-state index is 13.8. The Morgan fingerprint density at radius 1 is 1.38 bits per heavy atom. The summed E-state index contributed by atoms with van der Waals surface area (Å²) in [4.78, 5) is 22.7. The number of hydrogen-bond acceptors (Lipinski definition) is 6. The van der Waals surface area contributed by atoms with E-state index in [1.54, 1.807) is 13.0 Å². The third kappa shape index (κ3) is 4.03. The number of non-ortho nitro benzene ring substituents is 1. The summed E-state index contributed by atoms with van der Waals surface area (Å²) in [5, 5.41) is 16.5. The van der Waals surface area contributed by atoms with Gasteiger partial charge in [0.05, 0.1) is 23.3 Å². The lowest BCUT2D eigenvalue weighted by atomic mass is 10.2. The van der Waals surface area contributed by atoms with Gasteiger partial charge >= 0.3 is 5.97 Å². The number of thiophene rings is 1. The van der Waals surface area contributed by atoms with Gasteiger partial charge in [0.1, 0.15) is 10.8 Å². The Bertz CT molecular complexity index is 822. The quantitative estimate of drug-likeness (QED) is 0.367. The second kappa shape index (κ2) is 7.32. The molecular formula is C14H12FN3O4S2. The predicted molar refractivity (Wildman–Crippen MR) is 93.3 cm³/mol. The lowest BCUT2D eigenvalue weighted by molar-refractivity contribution is -0.384. The van der Waals surface area contributed by atoms with E-state index >= 15 is 0 Å². The van der Waals surface area contributed by atoms with E-state index in [0.29, 0.717) is 10.6 Å². The van der Waals surface area contributed by atoms with Crippen LogP contribution in [0.15, 0.2) is 24.3 Å². The molecule has 0 saturated heterocycles. The minimum absolute atomic E-state index is 0.0126. The number of halogens is 1. The molecule has 1 aromatic carbocycles. The van der Waals surface area contributed by atoms with Crippen LogP contribution in [0.25, 0.3) is 0 Å². The zero-order valence-corrected chi connectivity index (χ0v) is 14.2. The van der Waals surface area contributed by atoms with Gasteiger partial charge in [-0.05, 0) is 31.3 Å². The number of carbonyl (C=O) groups is 1. The van der Waals surface area contributed by atoms with Gasteiger partial charge in [-0.1, -0.05) is 0 Å². The van der Waals surface area contributed by atoms with Gasteiger partial charge in [-0.3, -0.25) is 10.1 Å². The van der Waals surface area contributed by atoms with Crippen molar-refractivity contribution in [2.75, 3.05) is 17.7 Å². The first-order chi connectivity index (χ1) is 11.3. The Labute approximate surface area is 145 Å². The van der Waals surface area contributed by atoms with Crippen LogP contribution >= 0.6 is 23.6 Å². The van der Waals surface area contributed by atoms with Crippen molar-refractivity contribution in [2.45, 2.75) is 6.92 Å². The highest BCUT2D eigenvalue weighted by molar-refractivity contribution is 7.80. The number of rotatable bonds is 4. The molecule has 0 bridgehead atoms. The topological polar surface area (TPSA) is 93.5 Å². The highest BCUT2D eigenvalue weighted by atomic mass is 32.1. The fourth-order valence-corrected chi connectivity index (χ4v) is 3.03. The Kier molecular flexibility index (Phi) is 5.42. The molecule has 0 aliphatic carbocycles. The molecule has 2 N–H and O–H groups in total. The molecule has 10 heteroatoms. The Morgan fingerprint density at radius 2 is 2.08 bits per heavy atom. The second-order valence-corrected chi connectivity index (χ2v) is 6.26. The molecule has 0 fully saturated rings. The highest BCUT2D eigenvalue weighted by Crippen LogP contribution is 2.29. The monoisotopic (exact) mass is 369 g/mol. The Hall–Kier alpha value is -2.59. The van der Waals surface area contributed by atoms with Crippen LogP contribution in [0.2, 0.25) is 0 Å². The molecule has 0 aliphatic rings. The average molecular weight is 369 g/mol. The molecule has 2 rings (SSSR count). The first kappa shape index (κ1) is 17.8. The number of hydrogen-bond donors (Lipinski definition) is 2. The van der Waals surface area contributed by atoms with Gasteiger partial charge in [0.25, 0.3) is 5.69 Å². The summed E-state index contributed by atoms with van der Waals surface area (Å²) >= 11 is 6.34. The first-order valence-corrected chi connectivity index (χ1v) is 7.75. The molecule has 7 nitrogen and oxygen atoms in total. The molecule has 0 atom stereocenters. The van der Waals surface area contributed by atoms with Gasteiger partial charge in [-0.2, -0.15) is 0 Å². The summed E-state index contributed by atoms with van der Waals surface area (Å²) in [5.41, 5.74) is -0.123. The van der Waals surface area contributed by atoms with Crippen molar-refractivity contribution in [3.63, 3.8) is 0 Å². The van der Waals surface area contributed by atoms with Crippen LogP contribution in [0.4, 0.5) is 20.8 Å². The van der Waals surface area contributed by atoms with E-state index in [2.05, 4.69) is 15.4 Å². The molecule has 0 amide bonds. The van der Waals surface area contributed by atoms with Crippen molar-refractivity contribution < 1.29 is 18.8 Å². The maximum atomic E-state index is 13.8. The number of anilines is 2. The van der Waals surface area contributed by atoms with Crippen LogP contribution in [0.3, 0.4) is 0 Å². The van der Waals surface area contributed by atoms with Crippen molar-refractivity contribution in [1.82, 2.24) is 0 Å². The number of nitrogens with zero attached hydrogens (tertiary/aromatic N) is 1. The van der Waals surface area contributed by atoms with Gasteiger partial charge in [0, 0.05) is 17.0 Å². The second-order valence-electron chi connectivity index (χ2n) is 4.59. The van der Waals surface area contributed by atoms with Gasteiger partial charge in [0.2, 0.25) is 0 Å². The third-order valence-electron chi connectivity index (χ3n) is 2.90. The van der Waals surface area contributed by atoms with Crippen LogP contribution in [-0.2, 0) is 4.74 Å². The molecule has 0 unspecified atom stereocenters. The van der Waals surface area contributed by atoms with Crippen LogP contribution in [0.5, 0.6) is 0 Å². The number of ether oxygens (including phenoxy) is 1. The van der Waals surface area contributed by atoms with E-state index in [-0.39, 0.29) is 16.5 Å². The van der Waals surface area contributed by atoms with Crippen LogP contribution in [0, 0.1) is 22.9 Å². The van der Waals surface area contributed by atoms with E-state index < -0.39 is 16.7 Å². The summed E-state index contributed by atoms with van der Waals surface area (Å²) in [7, 11) is 1.26. The number of aryl methyl sites for hydroxylation is 1. The molecule has 0 spiro atoms. The zero-order chi connectivity index (χ0) is 17.9. The standard InChI is InChI=1S/C14H12FN3O4S2/c1-7-5-9(13(19)22-2)12(24-7)17-14(23)16-11-6-8(18(20)21)3-4-10(11)15/h3-6H,1-2H3,(H2,16,17,23). The molecule has 0 aliphatic heterocycles. The highest BCUT2D eigenvalue weighted by Gasteiger charge is 2.17. The summed E-state index contributed by atoms with van der Waals surface area (Å²) in [6, 6.07) is 4.69. The number of nitro benzene ring substituents is 1. The third-order valence-corrected chi connectivity index (χ3v) is 4.07. The van der Waals surface area contributed by atoms with Crippen molar-refractivity contribution >= 4 is 51.0 Å². The number of esters is 1. The fourth-order valence-electron chi connectivity index (χ4n) is 1.85. The molecule has 1 aromatic heterocycles. The predicted octanol–water partition coefficient (Wildman–Crippen LogP) is 3.70. The minimum Gasteiger partial charge on any atom is -0.465 e. The molecule has 2 aromatic rings. The number of carbonyl (C=O) groups excluding carboxylic acids is 1. The average Bonchev–Trinajstić information content (AvgIpc) is 2.88. The fraction of sp³-hybridized carbons (Fsp3) is 0.143. The lowest BCUT2D eigenvalue weighted by Crippen LogP contribution is -2.20. The van der Waals surface area contributed by atoms with Crippen molar-refractivity contribution in [3.05, 3.63) is 50.6 Å². The number of thiocarbonyl (C=S) groups is 1. The van der Waals surface area contributed by atoms with Gasteiger partial charge in [-0.15, -0.1) is 11.3 Å². The molecular weight excluding hydrogens is 357 g/mol. The van der Waals surface area contributed by atoms with Crippen LogP contribution < -0.4 is 10.6 Å². The molecule has 24 heavy (non-hydrogen) atoms. The molecule has 1 heterocycles. The Morgan fingerprint density at radius 3 is 2.71 bits per heavy atom. The van der Waals surface area contributed by atoms with Gasteiger partial charge < -0.3 is 15.4 Å². The normalized spacial score (nSPS) is 10.1.